The van der Waals surface area contributed by atoms with Gasteiger partial charge in [0.1, 0.15) is 5.75 Å². The molecule has 2 aromatic carbocycles. The van der Waals surface area contributed by atoms with Crippen LogP contribution in [0.25, 0.3) is 10.8 Å². The topological polar surface area (TPSA) is 42.2 Å². The first kappa shape index (κ1) is 12.5. The highest BCUT2D eigenvalue weighted by molar-refractivity contribution is 5.82. The molecule has 3 aromatic rings. The molecule has 0 aliphatic carbocycles. The fourth-order valence-electron chi connectivity index (χ4n) is 2.33. The highest BCUT2D eigenvalue weighted by Crippen LogP contribution is 2.13. The van der Waals surface area contributed by atoms with Gasteiger partial charge in [0, 0.05) is 11.6 Å². The van der Waals surface area contributed by atoms with E-state index in [9.17, 15) is 9.90 Å². The van der Waals surface area contributed by atoms with Crippen LogP contribution in [-0.4, -0.2) is 9.67 Å². The molecule has 1 heterocycles. The Balaban J connectivity index is 2.04. The Hall–Kier alpha value is -2.55. The second kappa shape index (κ2) is 4.85. The normalized spacial score (nSPS) is 10.8. The number of phenols is 1. The van der Waals surface area contributed by atoms with E-state index in [1.54, 1.807) is 16.7 Å². The minimum absolute atomic E-state index is 0.00979. The maximum Gasteiger partial charge on any atom is 0.258 e. The van der Waals surface area contributed by atoms with E-state index in [0.29, 0.717) is 6.54 Å². The number of aromatic hydroxyl groups is 1. The fraction of sp³-hybridized carbons (Fsp3) is 0.118. The van der Waals surface area contributed by atoms with Crippen molar-refractivity contribution in [1.82, 2.24) is 4.57 Å². The number of aryl methyl sites for hydroxylation is 1. The standard InChI is InChI=1S/C17H15NO2/c1-12-2-7-16-14(10-12)8-9-18(17(16)20)11-13-3-5-15(19)6-4-13/h2-10,19H,11H2,1H3. The number of rotatable bonds is 2. The fourth-order valence-corrected chi connectivity index (χ4v) is 2.33. The van der Waals surface area contributed by atoms with Gasteiger partial charge in [0.2, 0.25) is 0 Å². The summed E-state index contributed by atoms with van der Waals surface area (Å²) in [5, 5.41) is 11.0. The van der Waals surface area contributed by atoms with E-state index < -0.39 is 0 Å². The first-order valence-electron chi connectivity index (χ1n) is 6.51. The largest absolute Gasteiger partial charge is 0.508 e. The molecule has 0 saturated carbocycles. The SMILES string of the molecule is Cc1ccc2c(=O)n(Cc3ccc(O)cc3)ccc2c1. The summed E-state index contributed by atoms with van der Waals surface area (Å²) in [6, 6.07) is 14.7. The summed E-state index contributed by atoms with van der Waals surface area (Å²) in [7, 11) is 0. The smallest absolute Gasteiger partial charge is 0.258 e. The van der Waals surface area contributed by atoms with Gasteiger partial charge in [-0.25, -0.2) is 0 Å². The van der Waals surface area contributed by atoms with Crippen LogP contribution in [0.15, 0.2) is 59.5 Å². The molecule has 0 aliphatic heterocycles. The molecule has 0 fully saturated rings. The molecule has 0 saturated heterocycles. The van der Waals surface area contributed by atoms with Gasteiger partial charge in [-0.2, -0.15) is 0 Å². The molecule has 0 aliphatic rings. The van der Waals surface area contributed by atoms with Crippen LogP contribution in [0.2, 0.25) is 0 Å². The van der Waals surface area contributed by atoms with Crippen molar-refractivity contribution in [2.45, 2.75) is 13.5 Å². The van der Waals surface area contributed by atoms with Crippen LogP contribution >= 0.6 is 0 Å². The van der Waals surface area contributed by atoms with Gasteiger partial charge < -0.3 is 9.67 Å². The van der Waals surface area contributed by atoms with Gasteiger partial charge >= 0.3 is 0 Å². The number of benzene rings is 2. The van der Waals surface area contributed by atoms with Crippen LogP contribution < -0.4 is 5.56 Å². The van der Waals surface area contributed by atoms with Gasteiger partial charge in [0.25, 0.3) is 5.56 Å². The molecule has 3 rings (SSSR count). The first-order chi connectivity index (χ1) is 9.63. The van der Waals surface area contributed by atoms with Crippen molar-refractivity contribution in [3.63, 3.8) is 0 Å². The van der Waals surface area contributed by atoms with E-state index in [2.05, 4.69) is 0 Å². The van der Waals surface area contributed by atoms with Crippen molar-refractivity contribution >= 4 is 10.8 Å². The maximum absolute atomic E-state index is 12.4. The van der Waals surface area contributed by atoms with Crippen LogP contribution in [-0.2, 0) is 6.54 Å². The molecular weight excluding hydrogens is 250 g/mol. The van der Waals surface area contributed by atoms with E-state index in [0.717, 1.165) is 21.9 Å². The van der Waals surface area contributed by atoms with Gasteiger partial charge in [-0.15, -0.1) is 0 Å². The van der Waals surface area contributed by atoms with Gasteiger partial charge in [0.05, 0.1) is 6.54 Å². The van der Waals surface area contributed by atoms with E-state index in [1.807, 2.05) is 49.5 Å². The van der Waals surface area contributed by atoms with E-state index in [-0.39, 0.29) is 11.3 Å². The van der Waals surface area contributed by atoms with Crippen molar-refractivity contribution < 1.29 is 5.11 Å². The van der Waals surface area contributed by atoms with Crippen molar-refractivity contribution in [3.8, 4) is 5.75 Å². The summed E-state index contributed by atoms with van der Waals surface area (Å²) in [5.41, 5.74) is 2.14. The minimum atomic E-state index is 0.00979. The summed E-state index contributed by atoms with van der Waals surface area (Å²) < 4.78 is 1.68. The Morgan fingerprint density at radius 3 is 2.55 bits per heavy atom. The number of pyridine rings is 1. The third kappa shape index (κ3) is 2.30. The quantitative estimate of drug-likeness (QED) is 0.773. The zero-order valence-electron chi connectivity index (χ0n) is 11.2. The van der Waals surface area contributed by atoms with Crippen LogP contribution in [0.3, 0.4) is 0 Å². The Morgan fingerprint density at radius 2 is 1.80 bits per heavy atom. The number of phenolic OH excluding ortho intramolecular Hbond substituents is 1. The Kier molecular flexibility index (Phi) is 3.03. The number of nitrogens with zero attached hydrogens (tertiary/aromatic N) is 1. The van der Waals surface area contributed by atoms with Crippen molar-refractivity contribution in [2.24, 2.45) is 0 Å². The predicted octanol–water partition coefficient (Wildman–Crippen LogP) is 3.06. The summed E-state index contributed by atoms with van der Waals surface area (Å²) in [6.45, 7) is 2.52. The first-order valence-corrected chi connectivity index (χ1v) is 6.51. The summed E-state index contributed by atoms with van der Waals surface area (Å²) in [5.74, 6) is 0.232. The third-order valence-electron chi connectivity index (χ3n) is 3.42. The molecule has 100 valence electrons. The monoisotopic (exact) mass is 265 g/mol. The van der Waals surface area contributed by atoms with Crippen LogP contribution in [0.4, 0.5) is 0 Å². The van der Waals surface area contributed by atoms with Crippen molar-refractivity contribution in [1.29, 1.82) is 0 Å². The van der Waals surface area contributed by atoms with Crippen LogP contribution in [0, 0.1) is 6.92 Å². The van der Waals surface area contributed by atoms with Gasteiger partial charge in [-0.3, -0.25) is 4.79 Å². The second-order valence-corrected chi connectivity index (χ2v) is 5.01. The molecule has 0 radical (unpaired) electrons. The highest BCUT2D eigenvalue weighted by Gasteiger charge is 2.03. The Bertz CT molecular complexity index is 817. The van der Waals surface area contributed by atoms with Crippen molar-refractivity contribution in [2.75, 3.05) is 0 Å². The Morgan fingerprint density at radius 1 is 1.05 bits per heavy atom. The highest BCUT2D eigenvalue weighted by atomic mass is 16.3. The lowest BCUT2D eigenvalue weighted by Gasteiger charge is -2.08. The molecule has 3 nitrogen and oxygen atoms in total. The molecule has 20 heavy (non-hydrogen) atoms. The lowest BCUT2D eigenvalue weighted by molar-refractivity contribution is 0.475. The summed E-state index contributed by atoms with van der Waals surface area (Å²) >= 11 is 0. The maximum atomic E-state index is 12.4. The predicted molar refractivity (Wildman–Crippen MR) is 80.2 cm³/mol. The van der Waals surface area contributed by atoms with E-state index in [1.165, 1.54) is 0 Å². The van der Waals surface area contributed by atoms with Crippen LogP contribution in [0.1, 0.15) is 11.1 Å². The summed E-state index contributed by atoms with van der Waals surface area (Å²) in [6.07, 6.45) is 1.82. The van der Waals surface area contributed by atoms with Crippen molar-refractivity contribution in [3.05, 3.63) is 76.2 Å². The van der Waals surface area contributed by atoms with E-state index in [4.69, 9.17) is 0 Å². The number of hydrogen-bond donors (Lipinski definition) is 1. The number of fused-ring (bicyclic) bond motifs is 1. The van der Waals surface area contributed by atoms with Gasteiger partial charge in [-0.05, 0) is 42.1 Å². The summed E-state index contributed by atoms with van der Waals surface area (Å²) in [4.78, 5) is 12.4. The molecule has 0 amide bonds. The van der Waals surface area contributed by atoms with Crippen LogP contribution in [0.5, 0.6) is 5.75 Å². The molecule has 1 N–H and O–H groups in total. The van der Waals surface area contributed by atoms with Gasteiger partial charge in [0.15, 0.2) is 0 Å². The molecule has 0 bridgehead atoms. The van der Waals surface area contributed by atoms with Gasteiger partial charge in [-0.1, -0.05) is 29.8 Å². The molecule has 1 aromatic heterocycles. The molecule has 0 unspecified atom stereocenters. The van der Waals surface area contributed by atoms with E-state index >= 15 is 0 Å². The molecule has 0 atom stereocenters. The molecule has 3 heteroatoms. The number of aromatic nitrogens is 1. The number of hydrogen-bond acceptors (Lipinski definition) is 2. The average Bonchev–Trinajstić information content (AvgIpc) is 2.44. The third-order valence-corrected chi connectivity index (χ3v) is 3.42. The lowest BCUT2D eigenvalue weighted by atomic mass is 10.1. The zero-order chi connectivity index (χ0) is 14.1. The average molecular weight is 265 g/mol. The minimum Gasteiger partial charge on any atom is -0.508 e. The second-order valence-electron chi connectivity index (χ2n) is 5.01. The molecule has 0 spiro atoms. The lowest BCUT2D eigenvalue weighted by Crippen LogP contribution is -2.19. The molecular formula is C17H15NO2. The Labute approximate surface area is 116 Å². The zero-order valence-corrected chi connectivity index (χ0v) is 11.2.